The van der Waals surface area contributed by atoms with E-state index < -0.39 is 0 Å². The molecule has 126 valence electrons. The molecule has 0 bridgehead atoms. The number of hydrogen-bond donors (Lipinski definition) is 2. The van der Waals surface area contributed by atoms with Crippen LogP contribution in [0, 0.1) is 0 Å². The van der Waals surface area contributed by atoms with Crippen LogP contribution in [0.25, 0.3) is 0 Å². The number of carbonyl (C=O) groups excluding carboxylic acids is 2. The normalized spacial score (nSPS) is 16.9. The van der Waals surface area contributed by atoms with Gasteiger partial charge in [0.2, 0.25) is 5.91 Å². The summed E-state index contributed by atoms with van der Waals surface area (Å²) < 4.78 is 0. The fourth-order valence-corrected chi connectivity index (χ4v) is 2.54. The van der Waals surface area contributed by atoms with Crippen LogP contribution in [0.2, 0.25) is 0 Å². The van der Waals surface area contributed by atoms with Gasteiger partial charge in [0.1, 0.15) is 0 Å². The minimum atomic E-state index is 0.0220. The van der Waals surface area contributed by atoms with Crippen LogP contribution < -0.4 is 11.1 Å². The lowest BCUT2D eigenvalue weighted by molar-refractivity contribution is -0.123. The van der Waals surface area contributed by atoms with Crippen molar-refractivity contribution >= 4 is 17.5 Å². The molecule has 6 heteroatoms. The quantitative estimate of drug-likeness (QED) is 0.792. The van der Waals surface area contributed by atoms with Gasteiger partial charge in [0.15, 0.2) is 0 Å². The van der Waals surface area contributed by atoms with Crippen LogP contribution in [-0.2, 0) is 4.79 Å². The number of anilines is 1. The number of benzene rings is 1. The Bertz CT molecular complexity index is 536. The Balaban J connectivity index is 1.80. The van der Waals surface area contributed by atoms with Crippen LogP contribution in [0.4, 0.5) is 5.69 Å². The summed E-state index contributed by atoms with van der Waals surface area (Å²) in [6, 6.07) is 7.19. The maximum atomic E-state index is 12.4. The van der Waals surface area contributed by atoms with Gasteiger partial charge < -0.3 is 16.0 Å². The topological polar surface area (TPSA) is 78.7 Å². The largest absolute Gasteiger partial charge is 0.399 e. The Labute approximate surface area is 137 Å². The summed E-state index contributed by atoms with van der Waals surface area (Å²) in [5, 5.41) is 2.97. The van der Waals surface area contributed by atoms with Gasteiger partial charge in [-0.2, -0.15) is 0 Å². The van der Waals surface area contributed by atoms with Gasteiger partial charge in [0, 0.05) is 43.5 Å². The molecule has 0 aliphatic carbocycles. The van der Waals surface area contributed by atoms with Crippen LogP contribution in [0.5, 0.6) is 0 Å². The Morgan fingerprint density at radius 3 is 2.35 bits per heavy atom. The average Bonchev–Trinajstić information content (AvgIpc) is 2.55. The molecular formula is C17H26N4O2. The fourth-order valence-electron chi connectivity index (χ4n) is 2.54. The number of hydrogen-bond acceptors (Lipinski definition) is 4. The van der Waals surface area contributed by atoms with Crippen molar-refractivity contribution < 1.29 is 9.59 Å². The van der Waals surface area contributed by atoms with E-state index in [0.29, 0.717) is 44.0 Å². The molecule has 1 aromatic rings. The van der Waals surface area contributed by atoms with E-state index in [1.165, 1.54) is 0 Å². The Hall–Kier alpha value is -2.08. The molecule has 1 unspecified atom stereocenters. The molecule has 1 aliphatic heterocycles. The molecule has 0 radical (unpaired) electrons. The van der Waals surface area contributed by atoms with Crippen LogP contribution >= 0.6 is 0 Å². The molecule has 1 heterocycles. The highest BCUT2D eigenvalue weighted by atomic mass is 16.2. The van der Waals surface area contributed by atoms with E-state index in [0.717, 1.165) is 6.42 Å². The smallest absolute Gasteiger partial charge is 0.253 e. The molecule has 1 saturated heterocycles. The lowest BCUT2D eigenvalue weighted by Gasteiger charge is -2.34. The number of nitrogens with two attached hydrogens (primary N) is 1. The second-order valence-corrected chi connectivity index (χ2v) is 6.07. The third-order valence-electron chi connectivity index (χ3n) is 4.20. The maximum Gasteiger partial charge on any atom is 0.253 e. The van der Waals surface area contributed by atoms with Crippen molar-refractivity contribution in [2.24, 2.45) is 0 Å². The molecule has 3 N–H and O–H groups in total. The van der Waals surface area contributed by atoms with Gasteiger partial charge in [0.05, 0.1) is 6.54 Å². The third kappa shape index (κ3) is 4.96. The summed E-state index contributed by atoms with van der Waals surface area (Å²) in [5.41, 5.74) is 6.95. The highest BCUT2D eigenvalue weighted by Crippen LogP contribution is 2.11. The van der Waals surface area contributed by atoms with Crippen molar-refractivity contribution in [3.05, 3.63) is 29.8 Å². The van der Waals surface area contributed by atoms with E-state index >= 15 is 0 Å². The average molecular weight is 318 g/mol. The van der Waals surface area contributed by atoms with Gasteiger partial charge in [-0.1, -0.05) is 6.92 Å². The predicted octanol–water partition coefficient (Wildman–Crippen LogP) is 0.941. The SMILES string of the molecule is CCC(C)NC(=O)CN1CCN(C(=O)c2ccc(N)cc2)CC1. The van der Waals surface area contributed by atoms with Crippen LogP contribution in [0.3, 0.4) is 0 Å². The van der Waals surface area contributed by atoms with Gasteiger partial charge in [-0.25, -0.2) is 0 Å². The van der Waals surface area contributed by atoms with Crippen molar-refractivity contribution in [1.82, 2.24) is 15.1 Å². The van der Waals surface area contributed by atoms with E-state index in [-0.39, 0.29) is 17.9 Å². The highest BCUT2D eigenvalue weighted by Gasteiger charge is 2.23. The van der Waals surface area contributed by atoms with Gasteiger partial charge in [-0.15, -0.1) is 0 Å². The molecule has 1 fully saturated rings. The Kier molecular flexibility index (Phi) is 5.98. The van der Waals surface area contributed by atoms with Crippen molar-refractivity contribution in [3.8, 4) is 0 Å². The van der Waals surface area contributed by atoms with Crippen molar-refractivity contribution in [1.29, 1.82) is 0 Å². The molecule has 6 nitrogen and oxygen atoms in total. The molecule has 0 saturated carbocycles. The molecule has 0 aromatic heterocycles. The maximum absolute atomic E-state index is 12.4. The van der Waals surface area contributed by atoms with Gasteiger partial charge in [0.25, 0.3) is 5.91 Å². The lowest BCUT2D eigenvalue weighted by atomic mass is 10.1. The lowest BCUT2D eigenvalue weighted by Crippen LogP contribution is -2.51. The molecule has 1 atom stereocenters. The summed E-state index contributed by atoms with van der Waals surface area (Å²) in [5.74, 6) is 0.0753. The zero-order valence-electron chi connectivity index (χ0n) is 13.9. The summed E-state index contributed by atoms with van der Waals surface area (Å²) in [4.78, 5) is 28.2. The number of piperazine rings is 1. The zero-order valence-corrected chi connectivity index (χ0v) is 13.9. The molecular weight excluding hydrogens is 292 g/mol. The first kappa shape index (κ1) is 17.3. The summed E-state index contributed by atoms with van der Waals surface area (Å²) >= 11 is 0. The molecule has 23 heavy (non-hydrogen) atoms. The van der Waals surface area contributed by atoms with Crippen molar-refractivity contribution in [2.75, 3.05) is 38.5 Å². The first-order valence-electron chi connectivity index (χ1n) is 8.16. The third-order valence-corrected chi connectivity index (χ3v) is 4.20. The number of nitrogens with one attached hydrogen (secondary N) is 1. The highest BCUT2D eigenvalue weighted by molar-refractivity contribution is 5.94. The standard InChI is InChI=1S/C17H26N4O2/c1-3-13(2)19-16(22)12-20-8-10-21(11-9-20)17(23)14-4-6-15(18)7-5-14/h4-7,13H,3,8-12,18H2,1-2H3,(H,19,22). The first-order valence-corrected chi connectivity index (χ1v) is 8.16. The first-order chi connectivity index (χ1) is 11.0. The van der Waals surface area contributed by atoms with E-state index in [1.54, 1.807) is 24.3 Å². The van der Waals surface area contributed by atoms with Gasteiger partial charge in [-0.05, 0) is 37.6 Å². The van der Waals surface area contributed by atoms with E-state index in [4.69, 9.17) is 5.73 Å². The van der Waals surface area contributed by atoms with Crippen LogP contribution in [0.15, 0.2) is 24.3 Å². The second kappa shape index (κ2) is 7.97. The predicted molar refractivity (Wildman–Crippen MR) is 91.1 cm³/mol. The molecule has 1 aromatic carbocycles. The molecule has 2 amide bonds. The Morgan fingerprint density at radius 1 is 1.17 bits per heavy atom. The Morgan fingerprint density at radius 2 is 1.78 bits per heavy atom. The van der Waals surface area contributed by atoms with E-state index in [9.17, 15) is 9.59 Å². The zero-order chi connectivity index (χ0) is 16.8. The minimum absolute atomic E-state index is 0.0220. The van der Waals surface area contributed by atoms with Gasteiger partial charge in [-0.3, -0.25) is 14.5 Å². The number of carbonyl (C=O) groups is 2. The summed E-state index contributed by atoms with van der Waals surface area (Å²) in [7, 11) is 0. The van der Waals surface area contributed by atoms with Crippen LogP contribution in [-0.4, -0.2) is 60.4 Å². The van der Waals surface area contributed by atoms with E-state index in [1.807, 2.05) is 18.7 Å². The number of nitrogens with zero attached hydrogens (tertiary/aromatic N) is 2. The summed E-state index contributed by atoms with van der Waals surface area (Å²) in [6.45, 7) is 7.16. The fraction of sp³-hybridized carbons (Fsp3) is 0.529. The monoisotopic (exact) mass is 318 g/mol. The number of nitrogen functional groups attached to an aromatic ring is 1. The van der Waals surface area contributed by atoms with Gasteiger partial charge >= 0.3 is 0 Å². The molecule has 0 spiro atoms. The van der Waals surface area contributed by atoms with Crippen molar-refractivity contribution in [3.63, 3.8) is 0 Å². The van der Waals surface area contributed by atoms with E-state index in [2.05, 4.69) is 10.2 Å². The minimum Gasteiger partial charge on any atom is -0.399 e. The van der Waals surface area contributed by atoms with Crippen molar-refractivity contribution in [2.45, 2.75) is 26.3 Å². The summed E-state index contributed by atoms with van der Waals surface area (Å²) in [6.07, 6.45) is 0.926. The number of amides is 2. The van der Waals surface area contributed by atoms with Crippen LogP contribution in [0.1, 0.15) is 30.6 Å². The second-order valence-electron chi connectivity index (χ2n) is 6.07. The number of rotatable bonds is 5. The molecule has 1 aliphatic rings. The molecule has 2 rings (SSSR count).